The van der Waals surface area contributed by atoms with E-state index in [-0.39, 0.29) is 11.8 Å². The van der Waals surface area contributed by atoms with E-state index in [2.05, 4.69) is 30.1 Å². The van der Waals surface area contributed by atoms with E-state index in [1.807, 2.05) is 32.3 Å². The van der Waals surface area contributed by atoms with Gasteiger partial charge in [0.2, 0.25) is 5.91 Å². The molecule has 22 heavy (non-hydrogen) atoms. The Bertz CT molecular complexity index is 458. The second-order valence-electron chi connectivity index (χ2n) is 6.30. The Hall–Kier alpha value is -1.55. The summed E-state index contributed by atoms with van der Waals surface area (Å²) >= 11 is 0. The average Bonchev–Trinajstić information content (AvgIpc) is 2.48. The van der Waals surface area contributed by atoms with E-state index in [1.54, 1.807) is 7.11 Å². The van der Waals surface area contributed by atoms with Crippen molar-refractivity contribution in [3.63, 3.8) is 0 Å². The van der Waals surface area contributed by atoms with Gasteiger partial charge in [-0.25, -0.2) is 0 Å². The minimum absolute atomic E-state index is 0.114. The molecule has 4 heteroatoms. The zero-order valence-corrected chi connectivity index (χ0v) is 14.6. The van der Waals surface area contributed by atoms with E-state index < -0.39 is 0 Å². The van der Waals surface area contributed by atoms with Gasteiger partial charge in [-0.1, -0.05) is 32.0 Å². The molecule has 0 spiro atoms. The largest absolute Gasteiger partial charge is 0.496 e. The van der Waals surface area contributed by atoms with Gasteiger partial charge in [-0.15, -0.1) is 0 Å². The third-order valence-electron chi connectivity index (χ3n) is 3.85. The van der Waals surface area contributed by atoms with Crippen molar-refractivity contribution in [2.75, 3.05) is 34.3 Å². The van der Waals surface area contributed by atoms with Gasteiger partial charge < -0.3 is 15.0 Å². The number of benzene rings is 1. The van der Waals surface area contributed by atoms with Gasteiger partial charge in [-0.05, 0) is 50.5 Å². The fraction of sp³-hybridized carbons (Fsp3) is 0.611. The van der Waals surface area contributed by atoms with Gasteiger partial charge >= 0.3 is 0 Å². The maximum atomic E-state index is 12.2. The summed E-state index contributed by atoms with van der Waals surface area (Å²) in [7, 11) is 5.76. The number of nitrogens with zero attached hydrogens (tertiary/aromatic N) is 1. The molecule has 0 aromatic heterocycles. The normalized spacial score (nSPS) is 12.5. The summed E-state index contributed by atoms with van der Waals surface area (Å²) in [5.74, 6) is 1.53. The van der Waals surface area contributed by atoms with Crippen LogP contribution in [0.3, 0.4) is 0 Å². The summed E-state index contributed by atoms with van der Waals surface area (Å²) in [6.45, 7) is 6.01. The van der Waals surface area contributed by atoms with Crippen molar-refractivity contribution in [3.8, 4) is 5.75 Å². The van der Waals surface area contributed by atoms with Crippen LogP contribution in [0.4, 0.5) is 0 Å². The highest BCUT2D eigenvalue weighted by Gasteiger charge is 2.22. The number of amides is 1. The number of carbonyl (C=O) groups is 1. The zero-order chi connectivity index (χ0) is 16.5. The molecule has 0 fully saturated rings. The predicted molar refractivity (Wildman–Crippen MR) is 91.4 cm³/mol. The van der Waals surface area contributed by atoms with Gasteiger partial charge in [0.25, 0.3) is 0 Å². The quantitative estimate of drug-likeness (QED) is 0.713. The number of nitrogens with one attached hydrogen (secondary N) is 1. The monoisotopic (exact) mass is 306 g/mol. The molecular formula is C18H30N2O2. The van der Waals surface area contributed by atoms with E-state index in [0.29, 0.717) is 12.3 Å². The van der Waals surface area contributed by atoms with E-state index in [4.69, 9.17) is 4.74 Å². The van der Waals surface area contributed by atoms with Gasteiger partial charge in [0, 0.05) is 13.0 Å². The third-order valence-corrected chi connectivity index (χ3v) is 3.85. The van der Waals surface area contributed by atoms with Crippen LogP contribution in [0.15, 0.2) is 24.3 Å². The molecule has 0 aliphatic rings. The Morgan fingerprint density at radius 3 is 2.55 bits per heavy atom. The molecule has 0 heterocycles. The first-order valence-corrected chi connectivity index (χ1v) is 8.00. The maximum absolute atomic E-state index is 12.2. The maximum Gasteiger partial charge on any atom is 0.220 e. The highest BCUT2D eigenvalue weighted by Crippen LogP contribution is 2.34. The van der Waals surface area contributed by atoms with Crippen molar-refractivity contribution in [1.82, 2.24) is 10.2 Å². The van der Waals surface area contributed by atoms with Crippen molar-refractivity contribution in [3.05, 3.63) is 29.8 Å². The molecule has 1 aromatic carbocycles. The third kappa shape index (κ3) is 6.06. The first kappa shape index (κ1) is 18.5. The van der Waals surface area contributed by atoms with Crippen LogP contribution < -0.4 is 10.1 Å². The van der Waals surface area contributed by atoms with Crippen molar-refractivity contribution in [2.45, 2.75) is 32.6 Å². The number of hydrogen-bond acceptors (Lipinski definition) is 3. The Kier molecular flexibility index (Phi) is 7.96. The number of rotatable bonds is 9. The average molecular weight is 306 g/mol. The second kappa shape index (κ2) is 9.46. The molecular weight excluding hydrogens is 276 g/mol. The van der Waals surface area contributed by atoms with Gasteiger partial charge in [0.05, 0.1) is 7.11 Å². The fourth-order valence-corrected chi connectivity index (χ4v) is 2.57. The lowest BCUT2D eigenvalue weighted by Gasteiger charge is -2.23. The molecule has 1 atom stereocenters. The van der Waals surface area contributed by atoms with Crippen LogP contribution in [0, 0.1) is 5.92 Å². The highest BCUT2D eigenvalue weighted by molar-refractivity contribution is 5.77. The molecule has 0 aliphatic heterocycles. The number of hydrogen-bond donors (Lipinski definition) is 1. The molecule has 1 rings (SSSR count). The number of para-hydroxylation sites is 1. The summed E-state index contributed by atoms with van der Waals surface area (Å²) in [5, 5.41) is 3.02. The van der Waals surface area contributed by atoms with Gasteiger partial charge in [-0.3, -0.25) is 4.79 Å². The van der Waals surface area contributed by atoms with Crippen LogP contribution in [0.5, 0.6) is 5.75 Å². The zero-order valence-electron chi connectivity index (χ0n) is 14.6. The number of carbonyl (C=O) groups excluding carboxylic acids is 1. The topological polar surface area (TPSA) is 41.6 Å². The van der Waals surface area contributed by atoms with E-state index >= 15 is 0 Å². The highest BCUT2D eigenvalue weighted by atomic mass is 16.5. The molecule has 124 valence electrons. The standard InChI is InChI=1S/C18H30N2O2/c1-14(2)16(15-9-6-7-10-17(15)22-5)13-18(21)19-11-8-12-20(3)4/h6-7,9-10,14,16H,8,11-13H2,1-5H3,(H,19,21)/t16-/m1/s1. The van der Waals surface area contributed by atoms with Crippen molar-refractivity contribution >= 4 is 5.91 Å². The number of methoxy groups -OCH3 is 1. The molecule has 0 aliphatic carbocycles. The second-order valence-corrected chi connectivity index (χ2v) is 6.30. The summed E-state index contributed by atoms with van der Waals surface area (Å²) in [5.41, 5.74) is 1.11. The van der Waals surface area contributed by atoms with Crippen LogP contribution >= 0.6 is 0 Å². The van der Waals surface area contributed by atoms with Crippen LogP contribution in [0.2, 0.25) is 0 Å². The molecule has 0 saturated carbocycles. The summed E-state index contributed by atoms with van der Waals surface area (Å²) in [6.07, 6.45) is 1.47. The van der Waals surface area contributed by atoms with E-state index in [0.717, 1.165) is 30.8 Å². The molecule has 4 nitrogen and oxygen atoms in total. The van der Waals surface area contributed by atoms with Crippen LogP contribution in [0.1, 0.15) is 38.2 Å². The van der Waals surface area contributed by atoms with Crippen LogP contribution in [0.25, 0.3) is 0 Å². The number of ether oxygens (including phenoxy) is 1. The lowest BCUT2D eigenvalue weighted by Crippen LogP contribution is -2.29. The molecule has 1 N–H and O–H groups in total. The van der Waals surface area contributed by atoms with Crippen LogP contribution in [-0.2, 0) is 4.79 Å². The lowest BCUT2D eigenvalue weighted by atomic mass is 9.85. The Labute approximate surface area is 134 Å². The van der Waals surface area contributed by atoms with Gasteiger partial charge in [-0.2, -0.15) is 0 Å². The summed E-state index contributed by atoms with van der Waals surface area (Å²) in [4.78, 5) is 14.3. The molecule has 0 unspecified atom stereocenters. The summed E-state index contributed by atoms with van der Waals surface area (Å²) < 4.78 is 5.45. The van der Waals surface area contributed by atoms with E-state index in [1.165, 1.54) is 0 Å². The smallest absolute Gasteiger partial charge is 0.220 e. The Morgan fingerprint density at radius 2 is 1.95 bits per heavy atom. The van der Waals surface area contributed by atoms with E-state index in [9.17, 15) is 4.79 Å². The lowest BCUT2D eigenvalue weighted by molar-refractivity contribution is -0.121. The molecule has 0 radical (unpaired) electrons. The minimum atomic E-state index is 0.114. The molecule has 1 amide bonds. The first-order valence-electron chi connectivity index (χ1n) is 8.00. The van der Waals surface area contributed by atoms with Crippen molar-refractivity contribution in [2.24, 2.45) is 5.92 Å². The van der Waals surface area contributed by atoms with Gasteiger partial charge in [0.15, 0.2) is 0 Å². The fourth-order valence-electron chi connectivity index (χ4n) is 2.57. The molecule has 0 saturated heterocycles. The minimum Gasteiger partial charge on any atom is -0.496 e. The Balaban J connectivity index is 2.63. The Morgan fingerprint density at radius 1 is 1.27 bits per heavy atom. The SMILES string of the molecule is COc1ccccc1[C@H](CC(=O)NCCCN(C)C)C(C)C. The first-order chi connectivity index (χ1) is 10.5. The predicted octanol–water partition coefficient (Wildman–Crippen LogP) is 2.89. The summed E-state index contributed by atoms with van der Waals surface area (Å²) in [6, 6.07) is 7.98. The van der Waals surface area contributed by atoms with Gasteiger partial charge in [0.1, 0.15) is 5.75 Å². The molecule has 1 aromatic rings. The molecule has 0 bridgehead atoms. The van der Waals surface area contributed by atoms with Crippen molar-refractivity contribution < 1.29 is 9.53 Å². The van der Waals surface area contributed by atoms with Crippen molar-refractivity contribution in [1.29, 1.82) is 0 Å². The van der Waals surface area contributed by atoms with Crippen LogP contribution in [-0.4, -0.2) is 45.1 Å².